The van der Waals surface area contributed by atoms with Crippen LogP contribution in [0.1, 0.15) is 119 Å². The van der Waals surface area contributed by atoms with Crippen molar-refractivity contribution in [3.63, 3.8) is 0 Å². The number of ketones is 1. The summed E-state index contributed by atoms with van der Waals surface area (Å²) in [5.74, 6) is 3.52. The van der Waals surface area contributed by atoms with E-state index in [2.05, 4.69) is 44.8 Å². The number of nitrogens with zero attached hydrogens (tertiary/aromatic N) is 2. The van der Waals surface area contributed by atoms with Gasteiger partial charge in [0, 0.05) is 17.4 Å². The second kappa shape index (κ2) is 11.8. The van der Waals surface area contributed by atoms with Gasteiger partial charge in [0.2, 0.25) is 11.8 Å². The monoisotopic (exact) mass is 654 g/mol. The van der Waals surface area contributed by atoms with E-state index in [1.807, 2.05) is 30.3 Å². The Bertz CT molecular complexity index is 1620. The Morgan fingerprint density at radius 1 is 1.00 bits per heavy atom. The summed E-state index contributed by atoms with van der Waals surface area (Å²) >= 11 is 0. The fraction of sp³-hybridized carbons (Fsp3) is 0.683. The van der Waals surface area contributed by atoms with E-state index in [1.54, 1.807) is 13.8 Å². The summed E-state index contributed by atoms with van der Waals surface area (Å²) < 4.78 is 12.6. The van der Waals surface area contributed by atoms with Crippen molar-refractivity contribution in [1.29, 1.82) is 0 Å². The second-order valence-corrected chi connectivity index (χ2v) is 17.7. The molecule has 0 aliphatic heterocycles. The molecule has 0 bridgehead atoms. The van der Waals surface area contributed by atoms with E-state index in [0.29, 0.717) is 41.9 Å². The molecule has 2 aromatic rings. The third-order valence-electron chi connectivity index (χ3n) is 14.2. The molecule has 5 aliphatic carbocycles. The Hall–Kier alpha value is -3.09. The number of aromatic nitrogens is 2. The molecule has 4 fully saturated rings. The van der Waals surface area contributed by atoms with Crippen LogP contribution in [0, 0.1) is 51.8 Å². The molecule has 1 aromatic heterocycles. The van der Waals surface area contributed by atoms with Gasteiger partial charge in [-0.3, -0.25) is 9.59 Å². The van der Waals surface area contributed by atoms with E-state index < -0.39 is 10.8 Å². The number of carbonyl (C=O) groups is 3. The van der Waals surface area contributed by atoms with Crippen molar-refractivity contribution in [3.05, 3.63) is 47.4 Å². The molecule has 7 heteroatoms. The molecule has 0 N–H and O–H groups in total. The number of hydrogen-bond acceptors (Lipinski definition) is 7. The molecule has 0 spiro atoms. The lowest BCUT2D eigenvalue weighted by molar-refractivity contribution is -0.190. The molecular formula is C41H54N2O5. The molecule has 9 atom stereocenters. The first-order valence-electron chi connectivity index (χ1n) is 18.6. The van der Waals surface area contributed by atoms with Gasteiger partial charge in [-0.05, 0) is 121 Å². The van der Waals surface area contributed by atoms with Gasteiger partial charge in [0.15, 0.2) is 5.78 Å². The Morgan fingerprint density at radius 2 is 1.69 bits per heavy atom. The topological polar surface area (TPSA) is 99.4 Å². The highest BCUT2D eigenvalue weighted by atomic mass is 16.5. The third kappa shape index (κ3) is 5.07. The van der Waals surface area contributed by atoms with Gasteiger partial charge >= 0.3 is 5.97 Å². The number of Topliss-reactive ketones (excluding diaryl/α,β-unsaturated/α-hetero) is 1. The van der Waals surface area contributed by atoms with E-state index in [0.717, 1.165) is 68.8 Å². The first kappa shape index (κ1) is 33.4. The maximum atomic E-state index is 13.9. The van der Waals surface area contributed by atoms with Crippen molar-refractivity contribution >= 4 is 18.0 Å². The highest BCUT2D eigenvalue weighted by Crippen LogP contribution is 2.71. The number of fused-ring (bicyclic) bond motifs is 7. The van der Waals surface area contributed by atoms with Crippen LogP contribution in [0.5, 0.6) is 0 Å². The molecule has 1 heterocycles. The first-order valence-corrected chi connectivity index (χ1v) is 18.6. The van der Waals surface area contributed by atoms with Gasteiger partial charge in [0.25, 0.3) is 0 Å². The lowest BCUT2D eigenvalue weighted by atomic mass is 9.38. The molecule has 0 radical (unpaired) electrons. The second-order valence-electron chi connectivity index (χ2n) is 17.7. The summed E-state index contributed by atoms with van der Waals surface area (Å²) in [4.78, 5) is 38.3. The van der Waals surface area contributed by atoms with Crippen LogP contribution >= 0.6 is 0 Å². The van der Waals surface area contributed by atoms with E-state index in [1.165, 1.54) is 5.57 Å². The molecule has 48 heavy (non-hydrogen) atoms. The van der Waals surface area contributed by atoms with Crippen molar-refractivity contribution in [2.75, 3.05) is 0 Å². The fourth-order valence-corrected chi connectivity index (χ4v) is 12.1. The highest BCUT2D eigenvalue weighted by Gasteiger charge is 2.66. The molecule has 0 saturated heterocycles. The highest BCUT2D eigenvalue weighted by molar-refractivity contribution is 6.01. The number of rotatable bonds is 7. The Morgan fingerprint density at radius 3 is 2.40 bits per heavy atom. The van der Waals surface area contributed by atoms with Crippen molar-refractivity contribution in [2.45, 2.75) is 124 Å². The molecule has 5 aliphatic rings. The van der Waals surface area contributed by atoms with Crippen LogP contribution in [0.4, 0.5) is 0 Å². The van der Waals surface area contributed by atoms with Crippen LogP contribution in [-0.4, -0.2) is 34.3 Å². The van der Waals surface area contributed by atoms with Crippen LogP contribution in [-0.2, 0) is 24.5 Å². The number of aldehydes is 1. The summed E-state index contributed by atoms with van der Waals surface area (Å²) in [6.07, 6.45) is 9.72. The van der Waals surface area contributed by atoms with Crippen molar-refractivity contribution in [3.8, 4) is 11.5 Å². The zero-order chi connectivity index (χ0) is 34.2. The van der Waals surface area contributed by atoms with Gasteiger partial charge in [-0.15, -0.1) is 10.2 Å². The van der Waals surface area contributed by atoms with E-state index in [4.69, 9.17) is 9.15 Å². The molecule has 9 unspecified atom stereocenters. The summed E-state index contributed by atoms with van der Waals surface area (Å²) in [7, 11) is 0. The van der Waals surface area contributed by atoms with Crippen LogP contribution in [0.2, 0.25) is 0 Å². The maximum absolute atomic E-state index is 13.9. The van der Waals surface area contributed by atoms with Crippen LogP contribution < -0.4 is 0 Å². The molecule has 0 amide bonds. The quantitative estimate of drug-likeness (QED) is 0.217. The minimum absolute atomic E-state index is 0.0903. The van der Waals surface area contributed by atoms with E-state index >= 15 is 0 Å². The summed E-state index contributed by atoms with van der Waals surface area (Å²) in [6, 6.07) is 9.93. The average molecular weight is 655 g/mol. The number of allylic oxidation sites excluding steroid dienone is 2. The molecular weight excluding hydrogens is 600 g/mol. The number of ether oxygens (including phenoxy) is 1. The standard InChI is InChI=1S/C41H54N2O5/c1-24(2)34-30(45)21-41(37-43-42-36(48-37)26-11-9-8-10-12-26)20-16-29-27(35(34)41)13-14-32-39(6)19-17-31(47-33(46)22-38(4,5)23-44)25(3)28(39)15-18-40(29,32)7/h8-12,23-25,27-29,31-32H,13-22H2,1-7H3. The Labute approximate surface area is 286 Å². The van der Waals surface area contributed by atoms with E-state index in [9.17, 15) is 14.4 Å². The van der Waals surface area contributed by atoms with Crippen molar-refractivity contribution in [2.24, 2.45) is 51.8 Å². The Kier molecular flexibility index (Phi) is 8.19. The maximum Gasteiger partial charge on any atom is 0.307 e. The lowest BCUT2D eigenvalue weighted by Crippen LogP contribution is -2.60. The van der Waals surface area contributed by atoms with Gasteiger partial charge in [-0.2, -0.15) is 0 Å². The van der Waals surface area contributed by atoms with Gasteiger partial charge in [0.05, 0.1) is 11.8 Å². The van der Waals surface area contributed by atoms with Gasteiger partial charge < -0.3 is 13.9 Å². The van der Waals surface area contributed by atoms with Crippen molar-refractivity contribution < 1.29 is 23.5 Å². The first-order chi connectivity index (χ1) is 22.7. The Balaban J connectivity index is 1.17. The summed E-state index contributed by atoms with van der Waals surface area (Å²) in [5.41, 5.74) is 2.40. The number of hydrogen-bond donors (Lipinski definition) is 0. The fourth-order valence-electron chi connectivity index (χ4n) is 12.1. The van der Waals surface area contributed by atoms with Gasteiger partial charge in [-0.1, -0.05) is 66.7 Å². The van der Waals surface area contributed by atoms with Crippen molar-refractivity contribution in [1.82, 2.24) is 10.2 Å². The molecule has 258 valence electrons. The zero-order valence-corrected chi connectivity index (χ0v) is 30.0. The lowest BCUT2D eigenvalue weighted by Gasteiger charge is -2.67. The number of carbonyl (C=O) groups excluding carboxylic acids is 3. The van der Waals surface area contributed by atoms with Crippen LogP contribution in [0.15, 0.2) is 45.9 Å². The van der Waals surface area contributed by atoms with Gasteiger partial charge in [0.1, 0.15) is 12.4 Å². The molecule has 4 saturated carbocycles. The number of benzene rings is 1. The van der Waals surface area contributed by atoms with E-state index in [-0.39, 0.29) is 46.9 Å². The van der Waals surface area contributed by atoms with Crippen LogP contribution in [0.3, 0.4) is 0 Å². The zero-order valence-electron chi connectivity index (χ0n) is 30.0. The molecule has 1 aromatic carbocycles. The molecule has 7 rings (SSSR count). The van der Waals surface area contributed by atoms with Crippen LogP contribution in [0.25, 0.3) is 11.5 Å². The average Bonchev–Trinajstić information content (AvgIpc) is 3.66. The van der Waals surface area contributed by atoms with Gasteiger partial charge in [-0.25, -0.2) is 0 Å². The SMILES string of the molecule is CC(C)C1=C2C3CCC4C(C)(CCC5C(C)C(OC(=O)CC(C)(C)C=O)CCC54C)C3CCC2(c2nnc(-c3ccccc3)o2)CC1=O. The predicted octanol–water partition coefficient (Wildman–Crippen LogP) is 8.72. The molecule has 7 nitrogen and oxygen atoms in total. The number of esters is 1. The largest absolute Gasteiger partial charge is 0.462 e. The minimum atomic E-state index is -0.700. The smallest absolute Gasteiger partial charge is 0.307 e. The summed E-state index contributed by atoms with van der Waals surface area (Å²) in [5, 5.41) is 9.19. The normalized spacial score (nSPS) is 37.8. The third-order valence-corrected chi connectivity index (χ3v) is 14.2. The summed E-state index contributed by atoms with van der Waals surface area (Å²) in [6.45, 7) is 15.4. The predicted molar refractivity (Wildman–Crippen MR) is 184 cm³/mol. The minimum Gasteiger partial charge on any atom is -0.462 e.